The van der Waals surface area contributed by atoms with Crippen molar-refractivity contribution in [2.75, 3.05) is 0 Å². The standard InChI is InChI=1S/C9H6F2N2O/c1-5-3-13-8(9(10)11)7(4-14)6(5)2-12/h3-4,9H,1H3. The molecule has 0 atom stereocenters. The Bertz CT molecular complexity index is 410. The van der Waals surface area contributed by atoms with Gasteiger partial charge < -0.3 is 0 Å². The van der Waals surface area contributed by atoms with Gasteiger partial charge in [0.1, 0.15) is 11.8 Å². The molecule has 0 bridgehead atoms. The number of pyridine rings is 1. The number of aryl methyl sites for hydroxylation is 1. The summed E-state index contributed by atoms with van der Waals surface area (Å²) in [5.41, 5.74) is -0.575. The molecule has 1 aromatic rings. The van der Waals surface area contributed by atoms with E-state index >= 15 is 0 Å². The van der Waals surface area contributed by atoms with Gasteiger partial charge in [-0.1, -0.05) is 0 Å². The number of hydrogen-bond acceptors (Lipinski definition) is 3. The van der Waals surface area contributed by atoms with Crippen molar-refractivity contribution in [2.24, 2.45) is 0 Å². The SMILES string of the molecule is Cc1cnc(C(F)F)c(C=O)c1C#N. The third-order valence-corrected chi connectivity index (χ3v) is 1.77. The molecule has 3 nitrogen and oxygen atoms in total. The van der Waals surface area contributed by atoms with Crippen molar-refractivity contribution in [3.63, 3.8) is 0 Å². The van der Waals surface area contributed by atoms with Crippen LogP contribution in [0, 0.1) is 18.3 Å². The molecule has 14 heavy (non-hydrogen) atoms. The fraction of sp³-hybridized carbons (Fsp3) is 0.222. The van der Waals surface area contributed by atoms with Gasteiger partial charge in [-0.05, 0) is 12.5 Å². The lowest BCUT2D eigenvalue weighted by atomic mass is 10.0. The minimum atomic E-state index is -2.84. The normalized spacial score (nSPS) is 9.93. The van der Waals surface area contributed by atoms with Crippen LogP contribution in [0.25, 0.3) is 0 Å². The molecule has 0 aliphatic rings. The van der Waals surface area contributed by atoms with E-state index in [2.05, 4.69) is 4.98 Å². The Morgan fingerprint density at radius 1 is 1.64 bits per heavy atom. The maximum atomic E-state index is 12.3. The maximum absolute atomic E-state index is 12.3. The smallest absolute Gasteiger partial charge is 0.281 e. The molecule has 0 saturated heterocycles. The molecule has 0 fully saturated rings. The van der Waals surface area contributed by atoms with E-state index in [4.69, 9.17) is 5.26 Å². The summed E-state index contributed by atoms with van der Waals surface area (Å²) in [6.07, 6.45) is -1.45. The molecule has 5 heteroatoms. The quantitative estimate of drug-likeness (QED) is 0.680. The summed E-state index contributed by atoms with van der Waals surface area (Å²) in [6.45, 7) is 1.54. The Morgan fingerprint density at radius 3 is 2.71 bits per heavy atom. The highest BCUT2D eigenvalue weighted by molar-refractivity contribution is 5.81. The first-order chi connectivity index (χ1) is 6.61. The number of aldehydes is 1. The summed E-state index contributed by atoms with van der Waals surface area (Å²) in [4.78, 5) is 14.0. The van der Waals surface area contributed by atoms with Crippen LogP contribution in [-0.4, -0.2) is 11.3 Å². The second-order valence-corrected chi connectivity index (χ2v) is 2.65. The first-order valence-corrected chi connectivity index (χ1v) is 3.74. The molecule has 0 radical (unpaired) electrons. The average Bonchev–Trinajstić information content (AvgIpc) is 2.16. The van der Waals surface area contributed by atoms with Gasteiger partial charge in [-0.15, -0.1) is 0 Å². The van der Waals surface area contributed by atoms with Gasteiger partial charge in [0, 0.05) is 6.20 Å². The second-order valence-electron chi connectivity index (χ2n) is 2.65. The molecule has 0 aromatic carbocycles. The summed E-state index contributed by atoms with van der Waals surface area (Å²) in [6, 6.07) is 1.71. The van der Waals surface area contributed by atoms with Crippen LogP contribution in [0.15, 0.2) is 6.20 Å². The van der Waals surface area contributed by atoms with Crippen LogP contribution in [0.1, 0.15) is 33.6 Å². The first-order valence-electron chi connectivity index (χ1n) is 3.74. The Balaban J connectivity index is 3.50. The zero-order valence-corrected chi connectivity index (χ0v) is 7.29. The van der Waals surface area contributed by atoms with Gasteiger partial charge in [0.25, 0.3) is 6.43 Å². The lowest BCUT2D eigenvalue weighted by Gasteiger charge is -2.05. The molecule has 0 unspecified atom stereocenters. The van der Waals surface area contributed by atoms with Gasteiger partial charge in [0.15, 0.2) is 6.29 Å². The van der Waals surface area contributed by atoms with E-state index in [0.29, 0.717) is 5.56 Å². The van der Waals surface area contributed by atoms with Crippen LogP contribution in [0.4, 0.5) is 8.78 Å². The van der Waals surface area contributed by atoms with E-state index < -0.39 is 12.1 Å². The van der Waals surface area contributed by atoms with Crippen molar-refractivity contribution >= 4 is 6.29 Å². The van der Waals surface area contributed by atoms with Crippen LogP contribution in [0.5, 0.6) is 0 Å². The summed E-state index contributed by atoms with van der Waals surface area (Å²) in [7, 11) is 0. The average molecular weight is 196 g/mol. The number of halogens is 2. The fourth-order valence-electron chi connectivity index (χ4n) is 1.08. The molecule has 0 aliphatic carbocycles. The van der Waals surface area contributed by atoms with Crippen LogP contribution < -0.4 is 0 Å². The number of alkyl halides is 2. The van der Waals surface area contributed by atoms with Crippen LogP contribution >= 0.6 is 0 Å². The number of nitriles is 1. The monoisotopic (exact) mass is 196 g/mol. The summed E-state index contributed by atoms with van der Waals surface area (Å²) >= 11 is 0. The lowest BCUT2D eigenvalue weighted by Crippen LogP contribution is -2.02. The van der Waals surface area contributed by atoms with Crippen LogP contribution in [0.2, 0.25) is 0 Å². The summed E-state index contributed by atoms with van der Waals surface area (Å²) in [5.74, 6) is 0. The third kappa shape index (κ3) is 1.59. The van der Waals surface area contributed by atoms with E-state index in [1.165, 1.54) is 6.92 Å². The molecular weight excluding hydrogens is 190 g/mol. The number of nitrogens with zero attached hydrogens (tertiary/aromatic N) is 2. The Hall–Kier alpha value is -1.83. The van der Waals surface area contributed by atoms with Crippen LogP contribution in [-0.2, 0) is 0 Å². The van der Waals surface area contributed by atoms with Crippen molar-refractivity contribution in [1.82, 2.24) is 4.98 Å². The first kappa shape index (κ1) is 10.3. The van der Waals surface area contributed by atoms with Crippen molar-refractivity contribution in [2.45, 2.75) is 13.3 Å². The molecule has 0 N–H and O–H groups in total. The largest absolute Gasteiger partial charge is 0.298 e. The number of carbonyl (C=O) groups excluding carboxylic acids is 1. The highest BCUT2D eigenvalue weighted by Gasteiger charge is 2.18. The van der Waals surface area contributed by atoms with Gasteiger partial charge in [0.05, 0.1) is 11.1 Å². The summed E-state index contributed by atoms with van der Waals surface area (Å²) < 4.78 is 24.7. The Labute approximate surface area is 79.0 Å². The van der Waals surface area contributed by atoms with Crippen molar-refractivity contribution in [3.8, 4) is 6.07 Å². The number of rotatable bonds is 2. The van der Waals surface area contributed by atoms with Gasteiger partial charge in [0.2, 0.25) is 0 Å². The minimum absolute atomic E-state index is 0.0368. The van der Waals surface area contributed by atoms with E-state index in [9.17, 15) is 13.6 Å². The maximum Gasteiger partial charge on any atom is 0.281 e. The number of hydrogen-bond donors (Lipinski definition) is 0. The molecule has 0 saturated carbocycles. The molecule has 72 valence electrons. The number of carbonyl (C=O) groups is 1. The highest BCUT2D eigenvalue weighted by Crippen LogP contribution is 2.23. The van der Waals surface area contributed by atoms with E-state index in [-0.39, 0.29) is 17.4 Å². The van der Waals surface area contributed by atoms with Gasteiger partial charge in [-0.2, -0.15) is 5.26 Å². The third-order valence-electron chi connectivity index (χ3n) is 1.77. The fourth-order valence-corrected chi connectivity index (χ4v) is 1.08. The lowest BCUT2D eigenvalue weighted by molar-refractivity contribution is 0.110. The van der Waals surface area contributed by atoms with Crippen molar-refractivity contribution in [1.29, 1.82) is 5.26 Å². The molecule has 0 spiro atoms. The van der Waals surface area contributed by atoms with Gasteiger partial charge in [-0.3, -0.25) is 9.78 Å². The predicted octanol–water partition coefficient (Wildman–Crippen LogP) is 2.01. The zero-order valence-electron chi connectivity index (χ0n) is 7.29. The Kier molecular flexibility index (Phi) is 2.87. The van der Waals surface area contributed by atoms with E-state index in [1.54, 1.807) is 6.07 Å². The van der Waals surface area contributed by atoms with Crippen LogP contribution in [0.3, 0.4) is 0 Å². The molecule has 0 aliphatic heterocycles. The molecule has 1 rings (SSSR count). The number of aromatic nitrogens is 1. The Morgan fingerprint density at radius 2 is 2.29 bits per heavy atom. The van der Waals surface area contributed by atoms with Gasteiger partial charge in [-0.25, -0.2) is 8.78 Å². The van der Waals surface area contributed by atoms with Gasteiger partial charge >= 0.3 is 0 Å². The van der Waals surface area contributed by atoms with E-state index in [1.807, 2.05) is 0 Å². The molecular formula is C9H6F2N2O. The second kappa shape index (κ2) is 3.92. The topological polar surface area (TPSA) is 53.8 Å². The predicted molar refractivity (Wildman–Crippen MR) is 44.0 cm³/mol. The summed E-state index contributed by atoms with van der Waals surface area (Å²) in [5, 5.41) is 8.66. The van der Waals surface area contributed by atoms with E-state index in [0.717, 1.165) is 6.20 Å². The van der Waals surface area contributed by atoms with Crippen molar-refractivity contribution < 1.29 is 13.6 Å². The highest BCUT2D eigenvalue weighted by atomic mass is 19.3. The minimum Gasteiger partial charge on any atom is -0.298 e. The van der Waals surface area contributed by atoms with Crippen molar-refractivity contribution in [3.05, 3.63) is 28.6 Å². The molecule has 1 heterocycles. The molecule has 1 aromatic heterocycles. The zero-order chi connectivity index (χ0) is 10.7. The molecule has 0 amide bonds.